The molecule has 0 aliphatic heterocycles. The number of nitrogens with zero attached hydrogens (tertiary/aromatic N) is 3. The van der Waals surface area contributed by atoms with Crippen LogP contribution in [0.1, 0.15) is 16.8 Å². The van der Waals surface area contributed by atoms with Gasteiger partial charge in [0.25, 0.3) is 0 Å². The van der Waals surface area contributed by atoms with Gasteiger partial charge in [0.15, 0.2) is 0 Å². The Morgan fingerprint density at radius 2 is 2.21 bits per heavy atom. The van der Waals surface area contributed by atoms with Gasteiger partial charge in [0, 0.05) is 29.6 Å². The summed E-state index contributed by atoms with van der Waals surface area (Å²) in [7, 11) is 1.68. The maximum atomic E-state index is 5.41. The summed E-state index contributed by atoms with van der Waals surface area (Å²) < 4.78 is 7.25. The van der Waals surface area contributed by atoms with E-state index < -0.39 is 0 Å². The lowest BCUT2D eigenvalue weighted by atomic mass is 10.1. The zero-order valence-electron chi connectivity index (χ0n) is 11.3. The van der Waals surface area contributed by atoms with Crippen LogP contribution in [-0.2, 0) is 6.54 Å². The molecule has 2 rings (SSSR count). The van der Waals surface area contributed by atoms with Crippen LogP contribution in [0.2, 0.25) is 0 Å². The molecular formula is C13H18N4OS. The van der Waals surface area contributed by atoms with Crippen molar-refractivity contribution in [3.05, 3.63) is 35.3 Å². The third-order valence-corrected chi connectivity index (χ3v) is 3.12. The molecule has 0 radical (unpaired) electrons. The van der Waals surface area contributed by atoms with Crippen LogP contribution < -0.4 is 10.1 Å². The van der Waals surface area contributed by atoms with Gasteiger partial charge in [-0.3, -0.25) is 9.67 Å². The largest absolute Gasteiger partial charge is 0.496 e. The maximum absolute atomic E-state index is 5.41. The average molecular weight is 278 g/mol. The fourth-order valence-electron chi connectivity index (χ4n) is 2.01. The molecule has 1 N–H and O–H groups in total. The molecule has 0 aromatic carbocycles. The van der Waals surface area contributed by atoms with Crippen LogP contribution in [0.25, 0.3) is 0 Å². The number of rotatable bonds is 5. The number of nitrogens with one attached hydrogen (secondary N) is 1. The van der Waals surface area contributed by atoms with Crippen molar-refractivity contribution in [2.45, 2.75) is 20.4 Å². The Balaban J connectivity index is 2.23. The number of aryl methyl sites for hydroxylation is 1. The van der Waals surface area contributed by atoms with Crippen molar-refractivity contribution >= 4 is 18.4 Å². The molecule has 2 aromatic heterocycles. The van der Waals surface area contributed by atoms with Crippen molar-refractivity contribution in [3.8, 4) is 5.75 Å². The Kier molecular flexibility index (Phi) is 4.31. The molecule has 5 nitrogen and oxygen atoms in total. The second-order valence-electron chi connectivity index (χ2n) is 4.28. The molecule has 0 fully saturated rings. The molecule has 0 bridgehead atoms. The minimum Gasteiger partial charge on any atom is -0.496 e. The van der Waals surface area contributed by atoms with Gasteiger partial charge in [-0.2, -0.15) is 17.7 Å². The Morgan fingerprint density at radius 1 is 1.42 bits per heavy atom. The first-order chi connectivity index (χ1) is 9.15. The molecule has 0 aliphatic carbocycles. The van der Waals surface area contributed by atoms with E-state index in [0.717, 1.165) is 28.4 Å². The van der Waals surface area contributed by atoms with Crippen LogP contribution in [0.4, 0.5) is 5.82 Å². The third-order valence-electron chi connectivity index (χ3n) is 2.96. The maximum Gasteiger partial charge on any atom is 0.148 e. The van der Waals surface area contributed by atoms with E-state index >= 15 is 0 Å². The summed E-state index contributed by atoms with van der Waals surface area (Å²) >= 11 is 4.10. The van der Waals surface area contributed by atoms with Crippen LogP contribution in [0.5, 0.6) is 5.75 Å². The third kappa shape index (κ3) is 3.01. The van der Waals surface area contributed by atoms with Gasteiger partial charge in [-0.25, -0.2) is 0 Å². The molecular weight excluding hydrogens is 260 g/mol. The molecule has 0 aliphatic rings. The quantitative estimate of drug-likeness (QED) is 0.650. The smallest absolute Gasteiger partial charge is 0.148 e. The van der Waals surface area contributed by atoms with E-state index in [-0.39, 0.29) is 0 Å². The lowest BCUT2D eigenvalue weighted by molar-refractivity contribution is 0.406. The molecule has 2 heterocycles. The van der Waals surface area contributed by atoms with E-state index in [2.05, 4.69) is 28.0 Å². The molecule has 19 heavy (non-hydrogen) atoms. The van der Waals surface area contributed by atoms with E-state index in [4.69, 9.17) is 4.74 Å². The highest BCUT2D eigenvalue weighted by atomic mass is 32.1. The highest BCUT2D eigenvalue weighted by molar-refractivity contribution is 7.80. The van der Waals surface area contributed by atoms with Crippen LogP contribution in [0.15, 0.2) is 18.5 Å². The molecule has 0 atom stereocenters. The first kappa shape index (κ1) is 13.7. The van der Waals surface area contributed by atoms with Crippen molar-refractivity contribution in [1.29, 1.82) is 0 Å². The monoisotopic (exact) mass is 278 g/mol. The fraction of sp³-hybridized carbons (Fsp3) is 0.385. The Morgan fingerprint density at radius 3 is 2.89 bits per heavy atom. The standard InChI is InChI=1S/C13H18N4OS/c1-9-6-14-11(10(2)13(9)18-3)7-17-5-4-12(16-17)15-8-19/h4-6,19H,7-8H2,1-3H3,(H,15,16). The summed E-state index contributed by atoms with van der Waals surface area (Å²) in [5.41, 5.74) is 3.06. The van der Waals surface area contributed by atoms with Crippen LogP contribution in [0.3, 0.4) is 0 Å². The van der Waals surface area contributed by atoms with Gasteiger partial charge < -0.3 is 10.1 Å². The molecule has 0 amide bonds. The summed E-state index contributed by atoms with van der Waals surface area (Å²) in [6.07, 6.45) is 3.75. The van der Waals surface area contributed by atoms with Crippen molar-refractivity contribution in [2.75, 3.05) is 18.3 Å². The van der Waals surface area contributed by atoms with Crippen molar-refractivity contribution in [1.82, 2.24) is 14.8 Å². The highest BCUT2D eigenvalue weighted by Crippen LogP contribution is 2.24. The van der Waals surface area contributed by atoms with Gasteiger partial charge in [-0.1, -0.05) is 0 Å². The number of hydrogen-bond donors (Lipinski definition) is 2. The molecule has 102 valence electrons. The Bertz CT molecular complexity index is 568. The van der Waals surface area contributed by atoms with Crippen molar-refractivity contribution in [2.24, 2.45) is 0 Å². The first-order valence-electron chi connectivity index (χ1n) is 6.03. The minimum atomic E-state index is 0.562. The molecule has 0 saturated carbocycles. The molecule has 6 heteroatoms. The van der Waals surface area contributed by atoms with E-state index in [1.165, 1.54) is 0 Å². The molecule has 2 aromatic rings. The summed E-state index contributed by atoms with van der Waals surface area (Å²) in [6, 6.07) is 1.91. The zero-order chi connectivity index (χ0) is 13.8. The lowest BCUT2D eigenvalue weighted by Gasteiger charge is -2.12. The Labute approximate surface area is 118 Å². The van der Waals surface area contributed by atoms with Gasteiger partial charge in [-0.05, 0) is 13.8 Å². The molecule has 0 saturated heterocycles. The average Bonchev–Trinajstić information content (AvgIpc) is 2.82. The number of anilines is 1. The highest BCUT2D eigenvalue weighted by Gasteiger charge is 2.10. The van der Waals surface area contributed by atoms with E-state index in [1.54, 1.807) is 7.11 Å². The summed E-state index contributed by atoms with van der Waals surface area (Å²) in [6.45, 7) is 4.63. The Hall–Kier alpha value is -1.69. The number of pyridine rings is 1. The first-order valence-corrected chi connectivity index (χ1v) is 6.66. The predicted molar refractivity (Wildman–Crippen MR) is 79.1 cm³/mol. The number of hydrogen-bond acceptors (Lipinski definition) is 5. The van der Waals surface area contributed by atoms with E-state index in [0.29, 0.717) is 12.4 Å². The fourth-order valence-corrected chi connectivity index (χ4v) is 2.17. The minimum absolute atomic E-state index is 0.562. The van der Waals surface area contributed by atoms with Crippen LogP contribution in [-0.4, -0.2) is 27.8 Å². The number of thiol groups is 1. The topological polar surface area (TPSA) is 52.0 Å². The van der Waals surface area contributed by atoms with Gasteiger partial charge in [-0.15, -0.1) is 0 Å². The SMILES string of the molecule is COc1c(C)cnc(Cn2ccc(NCS)n2)c1C. The molecule has 0 unspecified atom stereocenters. The predicted octanol–water partition coefficient (Wildman–Crippen LogP) is 2.25. The normalized spacial score (nSPS) is 10.5. The number of methoxy groups -OCH3 is 1. The summed E-state index contributed by atoms with van der Waals surface area (Å²) in [4.78, 5) is 4.46. The zero-order valence-corrected chi connectivity index (χ0v) is 12.2. The van der Waals surface area contributed by atoms with Gasteiger partial charge >= 0.3 is 0 Å². The van der Waals surface area contributed by atoms with Gasteiger partial charge in [0.2, 0.25) is 0 Å². The summed E-state index contributed by atoms with van der Waals surface area (Å²) in [5, 5.41) is 7.44. The molecule has 0 spiro atoms. The second kappa shape index (κ2) is 5.97. The van der Waals surface area contributed by atoms with Gasteiger partial charge in [0.1, 0.15) is 11.6 Å². The van der Waals surface area contributed by atoms with Crippen LogP contribution in [0, 0.1) is 13.8 Å². The number of ether oxygens (including phenoxy) is 1. The van der Waals surface area contributed by atoms with E-state index in [9.17, 15) is 0 Å². The van der Waals surface area contributed by atoms with Crippen LogP contribution >= 0.6 is 12.6 Å². The van der Waals surface area contributed by atoms with Crippen molar-refractivity contribution in [3.63, 3.8) is 0 Å². The van der Waals surface area contributed by atoms with Crippen molar-refractivity contribution < 1.29 is 4.74 Å². The van der Waals surface area contributed by atoms with E-state index in [1.807, 2.05) is 37.0 Å². The second-order valence-corrected chi connectivity index (χ2v) is 4.60. The van der Waals surface area contributed by atoms with Gasteiger partial charge in [0.05, 0.1) is 25.2 Å². The lowest BCUT2D eigenvalue weighted by Crippen LogP contribution is -2.07. The number of aromatic nitrogens is 3. The summed E-state index contributed by atoms with van der Waals surface area (Å²) in [5.74, 6) is 2.27.